The summed E-state index contributed by atoms with van der Waals surface area (Å²) in [6.07, 6.45) is 5.56. The van der Waals surface area contributed by atoms with Gasteiger partial charge in [-0.25, -0.2) is 4.99 Å². The Morgan fingerprint density at radius 3 is 1.96 bits per heavy atom. The molecule has 2 N–H and O–H groups in total. The van der Waals surface area contributed by atoms with Crippen LogP contribution in [0.5, 0.6) is 5.75 Å². The number of hydrogen-bond donors (Lipinski definition) is 2. The van der Waals surface area contributed by atoms with Gasteiger partial charge in [0.1, 0.15) is 16.4 Å². The average Bonchev–Trinajstić information content (AvgIpc) is 3.01. The number of nitrogens with zero attached hydrogens (tertiary/aromatic N) is 1. The van der Waals surface area contributed by atoms with Crippen LogP contribution in [0.15, 0.2) is 106 Å². The maximum absolute atomic E-state index is 12.7. The fourth-order valence-corrected chi connectivity index (χ4v) is 6.96. The van der Waals surface area contributed by atoms with Crippen molar-refractivity contribution in [3.63, 3.8) is 0 Å². The zero-order chi connectivity index (χ0) is 34.0. The predicted molar refractivity (Wildman–Crippen MR) is 191 cm³/mol. The van der Waals surface area contributed by atoms with Gasteiger partial charge < -0.3 is 14.8 Å². The van der Waals surface area contributed by atoms with Crippen molar-refractivity contribution in [2.45, 2.75) is 46.4 Å². The number of benzene rings is 4. The Balaban J connectivity index is 1.72. The lowest BCUT2D eigenvalue weighted by Gasteiger charge is -2.22. The molecule has 0 aliphatic heterocycles. The highest BCUT2D eigenvalue weighted by Gasteiger charge is 2.26. The Bertz CT molecular complexity index is 2070. The summed E-state index contributed by atoms with van der Waals surface area (Å²) in [6, 6.07) is 20.5. The van der Waals surface area contributed by atoms with E-state index in [-0.39, 0.29) is 4.90 Å². The van der Waals surface area contributed by atoms with Crippen molar-refractivity contribution in [1.29, 1.82) is 0 Å². The van der Waals surface area contributed by atoms with Crippen LogP contribution in [0.25, 0.3) is 5.57 Å². The molecule has 4 aromatic carbocycles. The van der Waals surface area contributed by atoms with E-state index in [1.165, 1.54) is 17.2 Å². The quantitative estimate of drug-likeness (QED) is 0.185. The summed E-state index contributed by atoms with van der Waals surface area (Å²) >= 11 is 0. The molecular formula is C39H40N2O5S. The highest BCUT2D eigenvalue weighted by molar-refractivity contribution is 7.86. The van der Waals surface area contributed by atoms with Crippen LogP contribution in [0.2, 0.25) is 0 Å². The topological polar surface area (TPSA) is 97.2 Å². The zero-order valence-electron chi connectivity index (χ0n) is 28.0. The van der Waals surface area contributed by atoms with Gasteiger partial charge in [0.25, 0.3) is 10.1 Å². The van der Waals surface area contributed by atoms with Crippen LogP contribution >= 0.6 is 0 Å². The fraction of sp³-hybridized carbons (Fsp3) is 0.205. The highest BCUT2D eigenvalue weighted by Crippen LogP contribution is 2.41. The molecule has 0 radical (unpaired) electrons. The van der Waals surface area contributed by atoms with Gasteiger partial charge in [0.2, 0.25) is 0 Å². The van der Waals surface area contributed by atoms with E-state index in [0.717, 1.165) is 39.3 Å². The van der Waals surface area contributed by atoms with Gasteiger partial charge in [-0.3, -0.25) is 4.55 Å². The monoisotopic (exact) mass is 648 g/mol. The normalized spacial score (nSPS) is 15.0. The van der Waals surface area contributed by atoms with Crippen LogP contribution in [-0.2, 0) is 14.9 Å². The Hall–Kier alpha value is -4.92. The van der Waals surface area contributed by atoms with E-state index in [2.05, 4.69) is 57.3 Å². The molecule has 0 bridgehead atoms. The predicted octanol–water partition coefficient (Wildman–Crippen LogP) is 9.21. The van der Waals surface area contributed by atoms with E-state index < -0.39 is 10.1 Å². The van der Waals surface area contributed by atoms with Gasteiger partial charge in [-0.2, -0.15) is 8.42 Å². The van der Waals surface area contributed by atoms with E-state index >= 15 is 0 Å². The molecule has 0 spiro atoms. The first-order chi connectivity index (χ1) is 22.3. The summed E-state index contributed by atoms with van der Waals surface area (Å²) in [5, 5.41) is 3.53. The first kappa shape index (κ1) is 33.4. The maximum atomic E-state index is 12.7. The Morgan fingerprint density at radius 2 is 1.36 bits per heavy atom. The fourth-order valence-electron chi connectivity index (χ4n) is 6.26. The third kappa shape index (κ3) is 7.09. The van der Waals surface area contributed by atoms with Gasteiger partial charge in [0.05, 0.1) is 25.6 Å². The minimum absolute atomic E-state index is 0.230. The molecule has 242 valence electrons. The first-order valence-electron chi connectivity index (χ1n) is 15.3. The van der Waals surface area contributed by atoms with Gasteiger partial charge in [0, 0.05) is 45.8 Å². The standard InChI is InChI=1S/C39H40N2O5S/c1-23-17-25(3)38(26(4)18-23)40-29-13-15-31(34(21-29)45-7)37(33-11-9-10-12-36(33)47(42,43)44)32-16-14-30(22-35(32)46-8)41-39-27(5)19-24(2)20-28(39)6/h9-22,40H,1-8H3,(H,42,43,44). The summed E-state index contributed by atoms with van der Waals surface area (Å²) in [6.45, 7) is 12.3. The molecule has 47 heavy (non-hydrogen) atoms. The number of hydrogen-bond acceptors (Lipinski definition) is 6. The van der Waals surface area contributed by atoms with Gasteiger partial charge in [-0.05, 0) is 94.1 Å². The van der Waals surface area contributed by atoms with Gasteiger partial charge in [-0.15, -0.1) is 0 Å². The van der Waals surface area contributed by atoms with E-state index in [9.17, 15) is 13.0 Å². The summed E-state index contributed by atoms with van der Waals surface area (Å²) < 4.78 is 47.5. The molecular weight excluding hydrogens is 609 g/mol. The van der Waals surface area contributed by atoms with Crippen LogP contribution in [0, 0.1) is 41.5 Å². The second kappa shape index (κ2) is 13.4. The van der Waals surface area contributed by atoms with E-state index in [4.69, 9.17) is 14.5 Å². The summed E-state index contributed by atoms with van der Waals surface area (Å²) in [5.74, 6) is 0.975. The Labute approximate surface area is 277 Å². The van der Waals surface area contributed by atoms with Crippen LogP contribution in [0.4, 0.5) is 17.1 Å². The molecule has 7 nitrogen and oxygen atoms in total. The molecule has 0 saturated carbocycles. The van der Waals surface area contributed by atoms with Crippen molar-refractivity contribution < 1.29 is 22.4 Å². The molecule has 1 aliphatic rings. The largest absolute Gasteiger partial charge is 0.496 e. The van der Waals surface area contributed by atoms with Crippen molar-refractivity contribution in [3.05, 3.63) is 141 Å². The Morgan fingerprint density at radius 1 is 0.745 bits per heavy atom. The zero-order valence-corrected chi connectivity index (χ0v) is 28.8. The second-order valence-corrected chi connectivity index (χ2v) is 13.3. The second-order valence-electron chi connectivity index (χ2n) is 11.9. The number of methoxy groups -OCH3 is 2. The third-order valence-corrected chi connectivity index (χ3v) is 9.09. The number of aliphatic imine (C=N–C) groups is 1. The summed E-state index contributed by atoms with van der Waals surface area (Å²) in [7, 11) is -1.46. The average molecular weight is 649 g/mol. The van der Waals surface area contributed by atoms with Gasteiger partial charge in [0.15, 0.2) is 0 Å². The molecule has 0 amide bonds. The van der Waals surface area contributed by atoms with Crippen LogP contribution in [-0.4, -0.2) is 32.9 Å². The minimum Gasteiger partial charge on any atom is -0.496 e. The van der Waals surface area contributed by atoms with E-state index in [1.807, 2.05) is 50.3 Å². The number of anilines is 2. The minimum atomic E-state index is -4.59. The molecule has 0 atom stereocenters. The van der Waals surface area contributed by atoms with E-state index in [0.29, 0.717) is 39.5 Å². The van der Waals surface area contributed by atoms with Gasteiger partial charge in [-0.1, -0.05) is 53.6 Å². The molecule has 0 aromatic heterocycles. The molecule has 1 aliphatic carbocycles. The molecule has 0 unspecified atom stereocenters. The molecule has 5 rings (SSSR count). The summed E-state index contributed by atoms with van der Waals surface area (Å²) in [5.41, 5.74) is 12.1. The smallest absolute Gasteiger partial charge is 0.295 e. The van der Waals surface area contributed by atoms with Crippen LogP contribution < -0.4 is 10.1 Å². The molecule has 8 heteroatoms. The first-order valence-corrected chi connectivity index (χ1v) is 16.7. The third-order valence-electron chi connectivity index (χ3n) is 8.18. The molecule has 0 fully saturated rings. The van der Waals surface area contributed by atoms with Gasteiger partial charge >= 0.3 is 0 Å². The van der Waals surface area contributed by atoms with Crippen LogP contribution in [0.3, 0.4) is 0 Å². The lowest BCUT2D eigenvalue weighted by Crippen LogP contribution is -2.09. The van der Waals surface area contributed by atoms with Crippen molar-refractivity contribution >= 4 is 38.5 Å². The molecule has 0 saturated heterocycles. The molecule has 0 heterocycles. The maximum Gasteiger partial charge on any atom is 0.295 e. The van der Waals surface area contributed by atoms with Crippen LogP contribution in [0.1, 0.15) is 44.5 Å². The number of nitrogens with one attached hydrogen (secondary N) is 1. The lowest BCUT2D eigenvalue weighted by molar-refractivity contribution is 0.303. The van der Waals surface area contributed by atoms with Crippen molar-refractivity contribution in [1.82, 2.24) is 0 Å². The Kier molecular flexibility index (Phi) is 9.56. The van der Waals surface area contributed by atoms with Crippen molar-refractivity contribution in [2.24, 2.45) is 4.99 Å². The molecule has 4 aromatic rings. The van der Waals surface area contributed by atoms with E-state index in [1.54, 1.807) is 32.4 Å². The summed E-state index contributed by atoms with van der Waals surface area (Å²) in [4.78, 5) is 4.71. The number of rotatable bonds is 8. The number of aryl methyl sites for hydroxylation is 6. The van der Waals surface area contributed by atoms with Crippen molar-refractivity contribution in [3.8, 4) is 5.75 Å². The number of ether oxygens (including phenoxy) is 2. The lowest BCUT2D eigenvalue weighted by atomic mass is 9.89. The SMILES string of the molecule is COC1=CC(=Nc2c(C)cc(C)cc2C)C=CC1=C(c1ccc(Nc2c(C)cc(C)cc2C)cc1OC)c1ccccc1S(=O)(=O)O. The highest BCUT2D eigenvalue weighted by atomic mass is 32.2. The number of allylic oxidation sites excluding steroid dienone is 3. The van der Waals surface area contributed by atoms with Crippen molar-refractivity contribution in [2.75, 3.05) is 19.5 Å².